The Labute approximate surface area is 183 Å². The van der Waals surface area contributed by atoms with E-state index in [9.17, 15) is 31.6 Å². The van der Waals surface area contributed by atoms with Crippen molar-refractivity contribution in [2.24, 2.45) is 0 Å². The van der Waals surface area contributed by atoms with Gasteiger partial charge in [0, 0.05) is 11.8 Å². The normalized spacial score (nSPS) is 12.0. The molecule has 2 aromatic rings. The molecule has 0 aliphatic rings. The van der Waals surface area contributed by atoms with Crippen molar-refractivity contribution in [1.29, 1.82) is 0 Å². The van der Waals surface area contributed by atoms with Crippen LogP contribution in [0.5, 0.6) is 0 Å². The lowest BCUT2D eigenvalue weighted by atomic mass is 10.2. The van der Waals surface area contributed by atoms with Gasteiger partial charge in [-0.15, -0.1) is 0 Å². The minimum Gasteiger partial charge on any atom is -0.454 e. The largest absolute Gasteiger partial charge is 0.454 e. The van der Waals surface area contributed by atoms with E-state index in [1.54, 1.807) is 19.1 Å². The Hall–Kier alpha value is -3.38. The van der Waals surface area contributed by atoms with Crippen LogP contribution in [0.1, 0.15) is 12.5 Å². The summed E-state index contributed by atoms with van der Waals surface area (Å²) in [6.45, 7) is 1.77. The van der Waals surface area contributed by atoms with Crippen LogP contribution in [-0.2, 0) is 29.1 Å². The summed E-state index contributed by atoms with van der Waals surface area (Å²) in [6, 6.07) is 7.44. The third-order valence-corrected chi connectivity index (χ3v) is 5.57. The maximum Gasteiger partial charge on any atom is 0.324 e. The fourth-order valence-corrected chi connectivity index (χ4v) is 3.53. The minimum atomic E-state index is -3.97. The third-order valence-electron chi connectivity index (χ3n) is 4.01. The molecular formula is C20H21F2N3O6S. The van der Waals surface area contributed by atoms with Gasteiger partial charge >= 0.3 is 5.97 Å². The van der Waals surface area contributed by atoms with Gasteiger partial charge in [0.15, 0.2) is 18.2 Å². The zero-order valence-corrected chi connectivity index (χ0v) is 18.0. The molecule has 2 amide bonds. The molecule has 32 heavy (non-hydrogen) atoms. The van der Waals surface area contributed by atoms with Crippen LogP contribution in [0.15, 0.2) is 47.4 Å². The van der Waals surface area contributed by atoms with Gasteiger partial charge in [-0.25, -0.2) is 17.2 Å². The molecule has 2 aromatic carbocycles. The van der Waals surface area contributed by atoms with E-state index >= 15 is 0 Å². The molecule has 0 fully saturated rings. The molecular weight excluding hydrogens is 448 g/mol. The first kappa shape index (κ1) is 24.9. The predicted octanol–water partition coefficient (Wildman–Crippen LogP) is 1.24. The number of benzene rings is 2. The Balaban J connectivity index is 1.76. The molecule has 9 nitrogen and oxygen atoms in total. The van der Waals surface area contributed by atoms with Gasteiger partial charge in [-0.3, -0.25) is 14.4 Å². The highest BCUT2D eigenvalue weighted by molar-refractivity contribution is 7.89. The van der Waals surface area contributed by atoms with Crippen LogP contribution in [0.4, 0.5) is 14.5 Å². The highest BCUT2D eigenvalue weighted by atomic mass is 32.2. The molecule has 0 aliphatic carbocycles. The predicted molar refractivity (Wildman–Crippen MR) is 110 cm³/mol. The number of carbonyl (C=O) groups is 3. The van der Waals surface area contributed by atoms with E-state index in [0.717, 1.165) is 23.8 Å². The Morgan fingerprint density at radius 3 is 2.28 bits per heavy atom. The fraction of sp³-hybridized carbons (Fsp3) is 0.250. The zero-order valence-electron chi connectivity index (χ0n) is 17.1. The van der Waals surface area contributed by atoms with Gasteiger partial charge in [-0.2, -0.15) is 4.72 Å². The molecule has 0 aliphatic heterocycles. The molecule has 0 spiro atoms. The van der Waals surface area contributed by atoms with Crippen molar-refractivity contribution in [3.8, 4) is 0 Å². The summed E-state index contributed by atoms with van der Waals surface area (Å²) >= 11 is 0. The van der Waals surface area contributed by atoms with Gasteiger partial charge < -0.3 is 15.4 Å². The Morgan fingerprint density at radius 1 is 1.00 bits per heavy atom. The zero-order chi connectivity index (χ0) is 23.9. The average molecular weight is 469 g/mol. The van der Waals surface area contributed by atoms with Gasteiger partial charge in [0.2, 0.25) is 15.9 Å². The molecule has 0 unspecified atom stereocenters. The molecule has 0 bridgehead atoms. The lowest BCUT2D eigenvalue weighted by Crippen LogP contribution is -2.41. The van der Waals surface area contributed by atoms with Crippen molar-refractivity contribution in [1.82, 2.24) is 10.0 Å². The highest BCUT2D eigenvalue weighted by Gasteiger charge is 2.23. The van der Waals surface area contributed by atoms with Crippen molar-refractivity contribution in [3.63, 3.8) is 0 Å². The number of nitrogens with one attached hydrogen (secondary N) is 3. The quantitative estimate of drug-likeness (QED) is 0.474. The second-order valence-corrected chi connectivity index (χ2v) is 8.43. The number of sulfonamides is 1. The number of hydrogen-bond donors (Lipinski definition) is 3. The van der Waals surface area contributed by atoms with Crippen molar-refractivity contribution in [3.05, 3.63) is 59.7 Å². The van der Waals surface area contributed by atoms with E-state index in [-0.39, 0.29) is 10.6 Å². The van der Waals surface area contributed by atoms with Crippen LogP contribution >= 0.6 is 0 Å². The smallest absolute Gasteiger partial charge is 0.324 e. The molecule has 1 atom stereocenters. The summed E-state index contributed by atoms with van der Waals surface area (Å²) in [4.78, 5) is 35.4. The number of esters is 1. The number of anilines is 1. The molecule has 0 aromatic heterocycles. The lowest BCUT2D eigenvalue weighted by molar-refractivity contribution is -0.149. The van der Waals surface area contributed by atoms with E-state index in [4.69, 9.17) is 4.74 Å². The topological polar surface area (TPSA) is 131 Å². The van der Waals surface area contributed by atoms with E-state index in [1.807, 2.05) is 0 Å². The summed E-state index contributed by atoms with van der Waals surface area (Å²) in [7, 11) is -3.97. The summed E-state index contributed by atoms with van der Waals surface area (Å²) in [5, 5.41) is 4.42. The second-order valence-electron chi connectivity index (χ2n) is 6.72. The van der Waals surface area contributed by atoms with Crippen LogP contribution in [0.3, 0.4) is 0 Å². The Kier molecular flexibility index (Phi) is 8.38. The molecule has 0 saturated heterocycles. The summed E-state index contributed by atoms with van der Waals surface area (Å²) < 4.78 is 57.4. The third kappa shape index (κ3) is 7.39. The van der Waals surface area contributed by atoms with Gasteiger partial charge in [0.25, 0.3) is 5.91 Å². The minimum absolute atomic E-state index is 0.00994. The Morgan fingerprint density at radius 2 is 1.66 bits per heavy atom. The number of amides is 2. The number of carbonyl (C=O) groups excluding carboxylic acids is 3. The maximum absolute atomic E-state index is 13.1. The van der Waals surface area contributed by atoms with Crippen molar-refractivity contribution >= 4 is 33.5 Å². The Bertz CT molecular complexity index is 1110. The van der Waals surface area contributed by atoms with Crippen molar-refractivity contribution in [2.75, 3.05) is 18.5 Å². The van der Waals surface area contributed by atoms with Gasteiger partial charge in [0.05, 0.1) is 11.4 Å². The standard InChI is InChI=1S/C20H21F2N3O6S/c1-12-3-6-15(7-4-12)32(29,30)25-13(2)20(28)31-11-19(27)23-10-18(26)24-14-5-8-16(21)17(22)9-14/h3-9,13,25H,10-11H2,1-2H3,(H,23,27)(H,24,26)/t13-/m0/s1. The summed E-state index contributed by atoms with van der Waals surface area (Å²) in [5.74, 6) is -4.77. The summed E-state index contributed by atoms with van der Waals surface area (Å²) in [5.41, 5.74) is 0.852. The van der Waals surface area contributed by atoms with Gasteiger partial charge in [-0.1, -0.05) is 17.7 Å². The maximum atomic E-state index is 13.1. The molecule has 0 saturated carbocycles. The van der Waals surface area contributed by atoms with E-state index < -0.39 is 58.6 Å². The van der Waals surface area contributed by atoms with E-state index in [2.05, 4.69) is 15.4 Å². The number of hydrogen-bond acceptors (Lipinski definition) is 6. The lowest BCUT2D eigenvalue weighted by Gasteiger charge is -2.14. The first-order chi connectivity index (χ1) is 15.0. The van der Waals surface area contributed by atoms with Crippen LogP contribution in [0, 0.1) is 18.6 Å². The van der Waals surface area contributed by atoms with Crippen molar-refractivity contribution < 1.29 is 36.3 Å². The van der Waals surface area contributed by atoms with Crippen LogP contribution in [0.2, 0.25) is 0 Å². The first-order valence-electron chi connectivity index (χ1n) is 9.25. The summed E-state index contributed by atoms with van der Waals surface area (Å²) in [6.07, 6.45) is 0. The van der Waals surface area contributed by atoms with E-state index in [0.29, 0.717) is 0 Å². The molecule has 3 N–H and O–H groups in total. The van der Waals surface area contributed by atoms with Gasteiger partial charge in [0.1, 0.15) is 6.04 Å². The van der Waals surface area contributed by atoms with Crippen LogP contribution in [-0.4, -0.2) is 45.4 Å². The number of halogens is 2. The van der Waals surface area contributed by atoms with Gasteiger partial charge in [-0.05, 0) is 38.1 Å². The number of rotatable bonds is 9. The molecule has 12 heteroatoms. The second kappa shape index (κ2) is 10.8. The SMILES string of the molecule is Cc1ccc(S(=O)(=O)N[C@@H](C)C(=O)OCC(=O)NCC(=O)Nc2ccc(F)c(F)c2)cc1. The molecule has 0 heterocycles. The number of ether oxygens (including phenoxy) is 1. The van der Waals surface area contributed by atoms with Crippen LogP contribution in [0.25, 0.3) is 0 Å². The van der Waals surface area contributed by atoms with E-state index in [1.165, 1.54) is 19.1 Å². The highest BCUT2D eigenvalue weighted by Crippen LogP contribution is 2.13. The fourth-order valence-electron chi connectivity index (χ4n) is 2.34. The first-order valence-corrected chi connectivity index (χ1v) is 10.7. The molecule has 2 rings (SSSR count). The molecule has 172 valence electrons. The monoisotopic (exact) mass is 469 g/mol. The van der Waals surface area contributed by atoms with Crippen molar-refractivity contribution in [2.45, 2.75) is 24.8 Å². The number of aryl methyl sites for hydroxylation is 1. The average Bonchev–Trinajstić information content (AvgIpc) is 2.73. The van der Waals surface area contributed by atoms with Crippen LogP contribution < -0.4 is 15.4 Å². The molecule has 0 radical (unpaired) electrons.